The van der Waals surface area contributed by atoms with Gasteiger partial charge in [0.05, 0.1) is 6.61 Å². The van der Waals surface area contributed by atoms with Crippen LogP contribution in [0.25, 0.3) is 0 Å². The first-order chi connectivity index (χ1) is 8.81. The molecule has 0 spiro atoms. The number of ether oxygens (including phenoxy) is 2. The third-order valence-electron chi connectivity index (χ3n) is 2.38. The summed E-state index contributed by atoms with van der Waals surface area (Å²) in [6, 6.07) is 14.4. The Morgan fingerprint density at radius 2 is 1.78 bits per heavy atom. The molecule has 0 saturated heterocycles. The van der Waals surface area contributed by atoms with E-state index in [0.29, 0.717) is 23.9 Å². The van der Waals surface area contributed by atoms with Crippen LogP contribution >= 0.6 is 0 Å². The van der Waals surface area contributed by atoms with Gasteiger partial charge in [0.25, 0.3) is 0 Å². The summed E-state index contributed by atoms with van der Waals surface area (Å²) in [7, 11) is 0. The minimum atomic E-state index is 0.0763. The maximum absolute atomic E-state index is 9.85. The Kier molecular flexibility index (Phi) is 4.07. The van der Waals surface area contributed by atoms with Gasteiger partial charge in [0.15, 0.2) is 11.5 Å². The van der Waals surface area contributed by atoms with Gasteiger partial charge in [0.2, 0.25) is 5.75 Å². The smallest absolute Gasteiger partial charge is 0.210 e. The Hall–Kier alpha value is -2.16. The highest BCUT2D eigenvalue weighted by Crippen LogP contribution is 2.39. The van der Waals surface area contributed by atoms with E-state index in [9.17, 15) is 5.11 Å². The van der Waals surface area contributed by atoms with Crippen molar-refractivity contribution in [3.63, 3.8) is 0 Å². The first-order valence-corrected chi connectivity index (χ1v) is 5.99. The van der Waals surface area contributed by atoms with Crippen LogP contribution in [0.2, 0.25) is 0 Å². The minimum Gasteiger partial charge on any atom is -0.504 e. The molecule has 0 atom stereocenters. The highest BCUT2D eigenvalue weighted by Gasteiger charge is 2.11. The summed E-state index contributed by atoms with van der Waals surface area (Å²) in [5.41, 5.74) is 0. The van der Waals surface area contributed by atoms with Crippen molar-refractivity contribution >= 4 is 0 Å². The molecule has 0 bridgehead atoms. The zero-order valence-electron chi connectivity index (χ0n) is 10.3. The maximum atomic E-state index is 9.85. The quantitative estimate of drug-likeness (QED) is 0.864. The molecule has 0 aliphatic carbocycles. The zero-order chi connectivity index (χ0) is 12.8. The zero-order valence-corrected chi connectivity index (χ0v) is 10.3. The second kappa shape index (κ2) is 5.96. The van der Waals surface area contributed by atoms with Gasteiger partial charge in [-0.15, -0.1) is 0 Å². The molecule has 0 unspecified atom stereocenters. The monoisotopic (exact) mass is 244 g/mol. The Morgan fingerprint density at radius 1 is 1.00 bits per heavy atom. The van der Waals surface area contributed by atoms with Gasteiger partial charge in [0.1, 0.15) is 5.75 Å². The molecule has 3 nitrogen and oxygen atoms in total. The van der Waals surface area contributed by atoms with E-state index in [1.165, 1.54) is 0 Å². The summed E-state index contributed by atoms with van der Waals surface area (Å²) in [6.45, 7) is 2.62. The fourth-order valence-electron chi connectivity index (χ4n) is 1.54. The van der Waals surface area contributed by atoms with Gasteiger partial charge in [-0.2, -0.15) is 0 Å². The van der Waals surface area contributed by atoms with Crippen LogP contribution in [0.15, 0.2) is 48.5 Å². The van der Waals surface area contributed by atoms with Crippen molar-refractivity contribution in [2.45, 2.75) is 13.3 Å². The van der Waals surface area contributed by atoms with Crippen LogP contribution in [0.1, 0.15) is 13.3 Å². The van der Waals surface area contributed by atoms with Gasteiger partial charge in [-0.3, -0.25) is 0 Å². The lowest BCUT2D eigenvalue weighted by Crippen LogP contribution is -1.97. The van der Waals surface area contributed by atoms with Gasteiger partial charge in [-0.25, -0.2) is 0 Å². The predicted octanol–water partition coefficient (Wildman–Crippen LogP) is 3.97. The fourth-order valence-corrected chi connectivity index (χ4v) is 1.54. The number of phenolic OH excluding ortho intramolecular Hbond substituents is 1. The van der Waals surface area contributed by atoms with E-state index in [1.54, 1.807) is 18.2 Å². The SMILES string of the molecule is CCCOc1cccc(O)c1Oc1ccccc1. The van der Waals surface area contributed by atoms with Crippen molar-refractivity contribution in [3.05, 3.63) is 48.5 Å². The van der Waals surface area contributed by atoms with Crippen LogP contribution in [0, 0.1) is 0 Å². The Labute approximate surface area is 107 Å². The molecular weight excluding hydrogens is 228 g/mol. The number of para-hydroxylation sites is 2. The van der Waals surface area contributed by atoms with E-state index < -0.39 is 0 Å². The number of rotatable bonds is 5. The molecule has 2 aromatic rings. The van der Waals surface area contributed by atoms with Gasteiger partial charge < -0.3 is 14.6 Å². The third kappa shape index (κ3) is 2.94. The molecule has 0 heterocycles. The maximum Gasteiger partial charge on any atom is 0.210 e. The van der Waals surface area contributed by atoms with E-state index in [1.807, 2.05) is 37.3 Å². The molecule has 0 aliphatic heterocycles. The summed E-state index contributed by atoms with van der Waals surface area (Å²) in [4.78, 5) is 0. The summed E-state index contributed by atoms with van der Waals surface area (Å²) >= 11 is 0. The van der Waals surface area contributed by atoms with Crippen LogP contribution < -0.4 is 9.47 Å². The van der Waals surface area contributed by atoms with Crippen molar-refractivity contribution in [2.75, 3.05) is 6.61 Å². The second-order valence-corrected chi connectivity index (χ2v) is 3.87. The molecule has 18 heavy (non-hydrogen) atoms. The van der Waals surface area contributed by atoms with E-state index in [0.717, 1.165) is 6.42 Å². The van der Waals surface area contributed by atoms with Crippen LogP contribution in [0.5, 0.6) is 23.0 Å². The summed E-state index contributed by atoms with van der Waals surface area (Å²) in [6.07, 6.45) is 0.903. The third-order valence-corrected chi connectivity index (χ3v) is 2.38. The van der Waals surface area contributed by atoms with Gasteiger partial charge >= 0.3 is 0 Å². The predicted molar refractivity (Wildman–Crippen MR) is 70.4 cm³/mol. The second-order valence-electron chi connectivity index (χ2n) is 3.87. The Morgan fingerprint density at radius 3 is 2.50 bits per heavy atom. The number of phenols is 1. The highest BCUT2D eigenvalue weighted by atomic mass is 16.5. The average Bonchev–Trinajstić information content (AvgIpc) is 2.41. The number of aromatic hydroxyl groups is 1. The molecule has 2 rings (SSSR count). The molecule has 0 radical (unpaired) electrons. The van der Waals surface area contributed by atoms with Gasteiger partial charge in [0, 0.05) is 0 Å². The number of hydrogen-bond donors (Lipinski definition) is 1. The molecule has 2 aromatic carbocycles. The molecule has 3 heteroatoms. The van der Waals surface area contributed by atoms with Crippen LogP contribution in [0.3, 0.4) is 0 Å². The topological polar surface area (TPSA) is 38.7 Å². The lowest BCUT2D eigenvalue weighted by atomic mass is 10.3. The number of hydrogen-bond acceptors (Lipinski definition) is 3. The lowest BCUT2D eigenvalue weighted by molar-refractivity contribution is 0.296. The van der Waals surface area contributed by atoms with Crippen molar-refractivity contribution < 1.29 is 14.6 Å². The molecule has 1 N–H and O–H groups in total. The average molecular weight is 244 g/mol. The van der Waals surface area contributed by atoms with Gasteiger partial charge in [-0.1, -0.05) is 31.2 Å². The molecule has 0 amide bonds. The number of benzene rings is 2. The Bertz CT molecular complexity index is 494. The normalized spacial score (nSPS) is 10.1. The molecule has 0 aromatic heterocycles. The summed E-state index contributed by atoms with van der Waals surface area (Å²) < 4.78 is 11.2. The fraction of sp³-hybridized carbons (Fsp3) is 0.200. The molecule has 0 aliphatic rings. The van der Waals surface area contributed by atoms with E-state index in [-0.39, 0.29) is 5.75 Å². The standard InChI is InChI=1S/C15H16O3/c1-2-11-17-14-10-6-9-13(16)15(14)18-12-7-4-3-5-8-12/h3-10,16H,2,11H2,1H3. The summed E-state index contributed by atoms with van der Waals surface area (Å²) in [5, 5.41) is 9.85. The van der Waals surface area contributed by atoms with Crippen LogP contribution in [-0.4, -0.2) is 11.7 Å². The molecule has 94 valence electrons. The van der Waals surface area contributed by atoms with Crippen molar-refractivity contribution in [1.82, 2.24) is 0 Å². The molecular formula is C15H16O3. The van der Waals surface area contributed by atoms with E-state index >= 15 is 0 Å². The van der Waals surface area contributed by atoms with E-state index in [2.05, 4.69) is 0 Å². The van der Waals surface area contributed by atoms with Crippen LogP contribution in [0.4, 0.5) is 0 Å². The van der Waals surface area contributed by atoms with Crippen molar-refractivity contribution in [2.24, 2.45) is 0 Å². The first-order valence-electron chi connectivity index (χ1n) is 5.99. The van der Waals surface area contributed by atoms with E-state index in [4.69, 9.17) is 9.47 Å². The summed E-state index contributed by atoms with van der Waals surface area (Å²) in [5.74, 6) is 1.66. The molecule has 0 saturated carbocycles. The largest absolute Gasteiger partial charge is 0.504 e. The lowest BCUT2D eigenvalue weighted by Gasteiger charge is -2.13. The molecule has 0 fully saturated rings. The first kappa shape index (κ1) is 12.3. The van der Waals surface area contributed by atoms with Crippen molar-refractivity contribution in [3.8, 4) is 23.0 Å². The highest BCUT2D eigenvalue weighted by molar-refractivity contribution is 5.52. The van der Waals surface area contributed by atoms with Crippen molar-refractivity contribution in [1.29, 1.82) is 0 Å². The van der Waals surface area contributed by atoms with Crippen LogP contribution in [-0.2, 0) is 0 Å². The Balaban J connectivity index is 2.25. The van der Waals surface area contributed by atoms with Gasteiger partial charge in [-0.05, 0) is 30.7 Å². The minimum absolute atomic E-state index is 0.0763.